The second kappa shape index (κ2) is 3.87. The minimum absolute atomic E-state index is 0.0279. The lowest BCUT2D eigenvalue weighted by Crippen LogP contribution is -2.19. The first-order valence-corrected chi connectivity index (χ1v) is 5.82. The summed E-state index contributed by atoms with van der Waals surface area (Å²) in [6.07, 6.45) is 3.39. The molecule has 1 atom stereocenters. The Balaban J connectivity index is 2.01. The van der Waals surface area contributed by atoms with E-state index in [2.05, 4.69) is 26.9 Å². The summed E-state index contributed by atoms with van der Waals surface area (Å²) in [5.41, 5.74) is 4.98. The van der Waals surface area contributed by atoms with E-state index >= 15 is 0 Å². The highest BCUT2D eigenvalue weighted by molar-refractivity contribution is 6.05. The van der Waals surface area contributed by atoms with E-state index in [1.165, 1.54) is 0 Å². The number of carbonyl (C=O) groups excluding carboxylic acids is 1. The van der Waals surface area contributed by atoms with Crippen LogP contribution in [0, 0.1) is 13.8 Å². The lowest BCUT2D eigenvalue weighted by atomic mass is 10.0. The average molecular weight is 242 g/mol. The number of carbonyl (C=O) groups is 1. The van der Waals surface area contributed by atoms with Crippen molar-refractivity contribution in [2.45, 2.75) is 19.9 Å². The summed E-state index contributed by atoms with van der Waals surface area (Å²) in [5, 5.41) is 12.7. The van der Waals surface area contributed by atoms with E-state index in [9.17, 15) is 4.79 Å². The minimum Gasteiger partial charge on any atom is -0.367 e. The van der Waals surface area contributed by atoms with Crippen LogP contribution in [0.3, 0.4) is 0 Å². The predicted octanol–water partition coefficient (Wildman–Crippen LogP) is 2.13. The first kappa shape index (κ1) is 10.8. The lowest BCUT2D eigenvalue weighted by molar-refractivity contribution is -0.116. The van der Waals surface area contributed by atoms with Gasteiger partial charge in [-0.05, 0) is 19.4 Å². The van der Waals surface area contributed by atoms with Crippen LogP contribution in [0.15, 0.2) is 24.5 Å². The van der Waals surface area contributed by atoms with E-state index in [-0.39, 0.29) is 11.9 Å². The molecule has 0 spiro atoms. The molecule has 1 unspecified atom stereocenters. The highest BCUT2D eigenvalue weighted by Gasteiger charge is 2.31. The van der Waals surface area contributed by atoms with Gasteiger partial charge in [0, 0.05) is 17.4 Å². The van der Waals surface area contributed by atoms with Crippen molar-refractivity contribution in [2.75, 3.05) is 10.6 Å². The standard InChI is InChI=1S/C13H14N4O/c1-7-3-8(2)11-10(4-7)12(13(18)17-11)16-9-5-14-15-6-9/h3-6,12,16H,1-2H3,(H,14,15)(H,17,18). The molecule has 18 heavy (non-hydrogen) atoms. The maximum absolute atomic E-state index is 12.0. The Morgan fingerprint density at radius 3 is 2.89 bits per heavy atom. The summed E-state index contributed by atoms with van der Waals surface area (Å²) in [6.45, 7) is 4.04. The molecule has 0 fully saturated rings. The van der Waals surface area contributed by atoms with Crippen LogP contribution in [-0.2, 0) is 4.79 Å². The quantitative estimate of drug-likeness (QED) is 0.755. The molecule has 5 nitrogen and oxygen atoms in total. The molecule has 92 valence electrons. The van der Waals surface area contributed by atoms with E-state index in [4.69, 9.17) is 0 Å². The van der Waals surface area contributed by atoms with Gasteiger partial charge in [-0.2, -0.15) is 5.10 Å². The Bertz CT molecular complexity index is 604. The Morgan fingerprint density at radius 2 is 2.17 bits per heavy atom. The third-order valence-electron chi connectivity index (χ3n) is 3.14. The molecule has 0 saturated carbocycles. The first-order chi connectivity index (χ1) is 8.65. The molecule has 2 heterocycles. The molecular weight excluding hydrogens is 228 g/mol. The molecule has 2 aromatic rings. The highest BCUT2D eigenvalue weighted by Crippen LogP contribution is 2.36. The third-order valence-corrected chi connectivity index (χ3v) is 3.14. The highest BCUT2D eigenvalue weighted by atomic mass is 16.2. The third kappa shape index (κ3) is 1.64. The second-order valence-corrected chi connectivity index (χ2v) is 4.60. The van der Waals surface area contributed by atoms with Crippen molar-refractivity contribution in [3.05, 3.63) is 41.2 Å². The number of aromatic amines is 1. The van der Waals surface area contributed by atoms with Gasteiger partial charge in [-0.3, -0.25) is 9.89 Å². The maximum atomic E-state index is 12.0. The van der Waals surface area contributed by atoms with E-state index in [1.807, 2.05) is 19.9 Å². The summed E-state index contributed by atoms with van der Waals surface area (Å²) in [4.78, 5) is 12.0. The van der Waals surface area contributed by atoms with Crippen LogP contribution in [0.2, 0.25) is 0 Å². The van der Waals surface area contributed by atoms with Gasteiger partial charge in [0.2, 0.25) is 0 Å². The van der Waals surface area contributed by atoms with E-state index in [0.717, 1.165) is 28.1 Å². The molecule has 3 rings (SSSR count). The van der Waals surface area contributed by atoms with Gasteiger partial charge < -0.3 is 10.6 Å². The Labute approximate surface area is 105 Å². The number of H-pyrrole nitrogens is 1. The minimum atomic E-state index is -0.351. The van der Waals surface area contributed by atoms with Gasteiger partial charge >= 0.3 is 0 Å². The molecule has 0 bridgehead atoms. The number of fused-ring (bicyclic) bond motifs is 1. The molecule has 0 saturated heterocycles. The normalized spacial score (nSPS) is 17.4. The van der Waals surface area contributed by atoms with E-state index in [1.54, 1.807) is 12.4 Å². The van der Waals surface area contributed by atoms with Crippen LogP contribution >= 0.6 is 0 Å². The molecule has 1 aliphatic rings. The van der Waals surface area contributed by atoms with Crippen molar-refractivity contribution in [3.8, 4) is 0 Å². The molecule has 0 aliphatic carbocycles. The van der Waals surface area contributed by atoms with Gasteiger partial charge in [-0.1, -0.05) is 17.7 Å². The molecule has 1 aliphatic heterocycles. The van der Waals surface area contributed by atoms with Gasteiger partial charge in [0.25, 0.3) is 5.91 Å². The Morgan fingerprint density at radius 1 is 1.33 bits per heavy atom. The summed E-state index contributed by atoms with van der Waals surface area (Å²) >= 11 is 0. The second-order valence-electron chi connectivity index (χ2n) is 4.60. The number of aryl methyl sites for hydroxylation is 2. The molecule has 1 aromatic heterocycles. The molecule has 1 amide bonds. The van der Waals surface area contributed by atoms with Gasteiger partial charge in [0.15, 0.2) is 0 Å². The van der Waals surface area contributed by atoms with Crippen molar-refractivity contribution in [1.82, 2.24) is 10.2 Å². The summed E-state index contributed by atoms with van der Waals surface area (Å²) in [6, 6.07) is 3.76. The van der Waals surface area contributed by atoms with Gasteiger partial charge in [0.05, 0.1) is 11.9 Å². The Kier molecular flexibility index (Phi) is 2.33. The van der Waals surface area contributed by atoms with Gasteiger partial charge in [-0.15, -0.1) is 0 Å². The number of nitrogens with one attached hydrogen (secondary N) is 3. The van der Waals surface area contributed by atoms with Crippen LogP contribution in [0.25, 0.3) is 0 Å². The monoisotopic (exact) mass is 242 g/mol. The van der Waals surface area contributed by atoms with Crippen molar-refractivity contribution in [3.63, 3.8) is 0 Å². The van der Waals surface area contributed by atoms with Crippen molar-refractivity contribution < 1.29 is 4.79 Å². The van der Waals surface area contributed by atoms with Crippen LogP contribution < -0.4 is 10.6 Å². The van der Waals surface area contributed by atoms with Crippen LogP contribution in [0.4, 0.5) is 11.4 Å². The predicted molar refractivity (Wildman–Crippen MR) is 69.5 cm³/mol. The molecule has 1 aromatic carbocycles. The fraction of sp³-hybridized carbons (Fsp3) is 0.231. The number of amides is 1. The fourth-order valence-corrected chi connectivity index (χ4v) is 2.38. The summed E-state index contributed by atoms with van der Waals surface area (Å²) < 4.78 is 0. The number of aromatic nitrogens is 2. The largest absolute Gasteiger partial charge is 0.367 e. The molecular formula is C13H14N4O. The van der Waals surface area contributed by atoms with Crippen molar-refractivity contribution >= 4 is 17.3 Å². The van der Waals surface area contributed by atoms with Crippen LogP contribution in [0.1, 0.15) is 22.7 Å². The zero-order valence-electron chi connectivity index (χ0n) is 10.2. The van der Waals surface area contributed by atoms with E-state index in [0.29, 0.717) is 0 Å². The summed E-state index contributed by atoms with van der Waals surface area (Å²) in [5.74, 6) is -0.0279. The van der Waals surface area contributed by atoms with Gasteiger partial charge in [0.1, 0.15) is 6.04 Å². The molecule has 5 heteroatoms. The zero-order chi connectivity index (χ0) is 12.7. The maximum Gasteiger partial charge on any atom is 0.251 e. The van der Waals surface area contributed by atoms with Crippen LogP contribution in [0.5, 0.6) is 0 Å². The Hall–Kier alpha value is -2.30. The lowest BCUT2D eigenvalue weighted by Gasteiger charge is -2.12. The average Bonchev–Trinajstić information content (AvgIpc) is 2.91. The smallest absolute Gasteiger partial charge is 0.251 e. The number of hydrogen-bond acceptors (Lipinski definition) is 3. The number of benzene rings is 1. The summed E-state index contributed by atoms with van der Waals surface area (Å²) in [7, 11) is 0. The van der Waals surface area contributed by atoms with Crippen molar-refractivity contribution in [2.24, 2.45) is 0 Å². The molecule has 0 radical (unpaired) electrons. The number of rotatable bonds is 2. The SMILES string of the molecule is Cc1cc(C)c2c(c1)C(Nc1cn[nH]c1)C(=O)N2. The fourth-order valence-electron chi connectivity index (χ4n) is 2.38. The first-order valence-electron chi connectivity index (χ1n) is 5.82. The zero-order valence-corrected chi connectivity index (χ0v) is 10.2. The number of anilines is 2. The van der Waals surface area contributed by atoms with Gasteiger partial charge in [-0.25, -0.2) is 0 Å². The number of nitrogens with zero attached hydrogens (tertiary/aromatic N) is 1. The van der Waals surface area contributed by atoms with Crippen LogP contribution in [-0.4, -0.2) is 16.1 Å². The van der Waals surface area contributed by atoms with Crippen molar-refractivity contribution in [1.29, 1.82) is 0 Å². The molecule has 3 N–H and O–H groups in total. The topological polar surface area (TPSA) is 69.8 Å². The number of hydrogen-bond donors (Lipinski definition) is 3. The van der Waals surface area contributed by atoms with E-state index < -0.39 is 0 Å².